The molecule has 11 heavy (non-hydrogen) atoms. The summed E-state index contributed by atoms with van der Waals surface area (Å²) in [7, 11) is 3.17. The molecule has 4 nitrogen and oxygen atoms in total. The van der Waals surface area contributed by atoms with Crippen molar-refractivity contribution in [2.75, 3.05) is 14.2 Å². The van der Waals surface area contributed by atoms with Gasteiger partial charge in [0, 0.05) is 14.2 Å². The van der Waals surface area contributed by atoms with E-state index in [1.807, 2.05) is 13.8 Å². The average Bonchev–Trinajstić information content (AvgIpc) is 2.04. The number of hydrogen-bond donors (Lipinski definition) is 0. The van der Waals surface area contributed by atoms with Gasteiger partial charge in [-0.1, -0.05) is 0 Å². The molecular formula is C6H14AlO4. The minimum atomic E-state index is -0.500. The van der Waals surface area contributed by atoms with Crippen LogP contribution in [0.5, 0.6) is 0 Å². The Hall–Kier alpha value is 0.372. The second-order valence-corrected chi connectivity index (χ2v) is 2.71. The Kier molecular flexibility index (Phi) is 7.28. The molecule has 0 aliphatic carbocycles. The third-order valence-corrected chi connectivity index (χ3v) is 2.15. The van der Waals surface area contributed by atoms with Crippen molar-refractivity contribution in [2.24, 2.45) is 0 Å². The molecule has 2 atom stereocenters. The Morgan fingerprint density at radius 1 is 0.909 bits per heavy atom. The molecule has 0 N–H and O–H groups in total. The highest BCUT2D eigenvalue weighted by Crippen LogP contribution is 1.92. The standard InChI is InChI=1S/2C3H7O2.Al/c2*1-3(4)5-2;/h2*3H,1-2H3;/q2*-1;+2. The largest absolute Gasteiger partial charge is 0.671 e. The Labute approximate surface area is 74.1 Å². The van der Waals surface area contributed by atoms with Gasteiger partial charge in [0.25, 0.3) is 0 Å². The first-order chi connectivity index (χ1) is 5.20. The van der Waals surface area contributed by atoms with Crippen molar-refractivity contribution in [3.05, 3.63) is 0 Å². The Morgan fingerprint density at radius 2 is 1.27 bits per heavy atom. The molecule has 0 aliphatic heterocycles. The van der Waals surface area contributed by atoms with E-state index in [9.17, 15) is 0 Å². The van der Waals surface area contributed by atoms with Gasteiger partial charge in [0.2, 0.25) is 0 Å². The van der Waals surface area contributed by atoms with E-state index >= 15 is 0 Å². The van der Waals surface area contributed by atoms with E-state index in [0.717, 1.165) is 0 Å². The summed E-state index contributed by atoms with van der Waals surface area (Å²) in [6, 6.07) is 0. The Morgan fingerprint density at radius 3 is 1.55 bits per heavy atom. The maximum Gasteiger partial charge on any atom is 0.671 e. The lowest BCUT2D eigenvalue weighted by Crippen LogP contribution is -2.20. The third-order valence-electron chi connectivity index (χ3n) is 1.16. The summed E-state index contributed by atoms with van der Waals surface area (Å²) >= 11 is -0.500. The molecule has 65 valence electrons. The van der Waals surface area contributed by atoms with E-state index in [-0.39, 0.29) is 12.6 Å². The topological polar surface area (TPSA) is 36.9 Å². The zero-order chi connectivity index (χ0) is 8.69. The van der Waals surface area contributed by atoms with E-state index in [0.29, 0.717) is 0 Å². The molecule has 0 saturated carbocycles. The molecular weight excluding hydrogens is 163 g/mol. The van der Waals surface area contributed by atoms with Gasteiger partial charge in [-0.15, -0.1) is 0 Å². The molecule has 0 aromatic rings. The van der Waals surface area contributed by atoms with Crippen LogP contribution in [0.15, 0.2) is 0 Å². The second kappa shape index (κ2) is 7.04. The minimum absolute atomic E-state index is 0.200. The van der Waals surface area contributed by atoms with Gasteiger partial charge in [-0.25, -0.2) is 0 Å². The monoisotopic (exact) mass is 177 g/mol. The fraction of sp³-hybridized carbons (Fsp3) is 1.00. The molecule has 0 aromatic carbocycles. The van der Waals surface area contributed by atoms with Crippen LogP contribution in [0.3, 0.4) is 0 Å². The van der Waals surface area contributed by atoms with Gasteiger partial charge in [0.15, 0.2) is 0 Å². The quantitative estimate of drug-likeness (QED) is 0.438. The molecule has 0 amide bonds. The summed E-state index contributed by atoms with van der Waals surface area (Å²) in [4.78, 5) is 0. The zero-order valence-corrected chi connectivity index (χ0v) is 8.52. The van der Waals surface area contributed by atoms with E-state index in [2.05, 4.69) is 0 Å². The molecule has 0 bridgehead atoms. The Bertz CT molecular complexity index is 80.7. The predicted molar refractivity (Wildman–Crippen MR) is 40.9 cm³/mol. The molecule has 0 spiro atoms. The van der Waals surface area contributed by atoms with Gasteiger partial charge in [0.1, 0.15) is 12.6 Å². The highest BCUT2D eigenvalue weighted by Gasteiger charge is 2.06. The van der Waals surface area contributed by atoms with Crippen molar-refractivity contribution in [3.63, 3.8) is 0 Å². The van der Waals surface area contributed by atoms with E-state index in [1.165, 1.54) is 0 Å². The van der Waals surface area contributed by atoms with Gasteiger partial charge in [-0.05, 0) is 13.8 Å². The van der Waals surface area contributed by atoms with Gasteiger partial charge >= 0.3 is 15.9 Å². The lowest BCUT2D eigenvalue weighted by molar-refractivity contribution is -0.0840. The maximum absolute atomic E-state index is 5.12. The van der Waals surface area contributed by atoms with Crippen LogP contribution in [0.25, 0.3) is 0 Å². The molecule has 1 radical (unpaired) electrons. The molecule has 0 saturated heterocycles. The summed E-state index contributed by atoms with van der Waals surface area (Å²) in [5, 5.41) is 0. The Balaban J connectivity index is 3.13. The second-order valence-electron chi connectivity index (χ2n) is 1.98. The van der Waals surface area contributed by atoms with Crippen molar-refractivity contribution < 1.29 is 17.1 Å². The van der Waals surface area contributed by atoms with Gasteiger partial charge < -0.3 is 17.1 Å². The molecule has 5 heteroatoms. The number of hydrogen-bond acceptors (Lipinski definition) is 4. The van der Waals surface area contributed by atoms with Crippen LogP contribution in [-0.2, 0) is 17.1 Å². The van der Waals surface area contributed by atoms with Crippen molar-refractivity contribution in [1.82, 2.24) is 0 Å². The highest BCUT2D eigenvalue weighted by molar-refractivity contribution is 6.18. The molecule has 2 unspecified atom stereocenters. The zero-order valence-electron chi connectivity index (χ0n) is 7.37. The summed E-state index contributed by atoms with van der Waals surface area (Å²) < 4.78 is 19.9. The summed E-state index contributed by atoms with van der Waals surface area (Å²) in [5.41, 5.74) is 0. The number of rotatable bonds is 6. The van der Waals surface area contributed by atoms with E-state index < -0.39 is 15.9 Å². The molecule has 0 aliphatic rings. The van der Waals surface area contributed by atoms with Crippen LogP contribution in [0, 0.1) is 0 Å². The van der Waals surface area contributed by atoms with Crippen LogP contribution in [-0.4, -0.2) is 42.7 Å². The lowest BCUT2D eigenvalue weighted by Gasteiger charge is -2.14. The third kappa shape index (κ3) is 6.76. The maximum atomic E-state index is 5.12. The van der Waals surface area contributed by atoms with Gasteiger partial charge in [-0.3, -0.25) is 0 Å². The van der Waals surface area contributed by atoms with Crippen LogP contribution in [0.1, 0.15) is 13.8 Å². The van der Waals surface area contributed by atoms with Crippen molar-refractivity contribution >= 4 is 15.9 Å². The minimum Gasteiger partial charge on any atom is -0.461 e. The predicted octanol–water partition coefficient (Wildman–Crippen LogP) is 0.539. The van der Waals surface area contributed by atoms with Crippen LogP contribution in [0.4, 0.5) is 0 Å². The van der Waals surface area contributed by atoms with Crippen LogP contribution >= 0.6 is 0 Å². The smallest absolute Gasteiger partial charge is 0.461 e. The van der Waals surface area contributed by atoms with Gasteiger partial charge in [0.05, 0.1) is 0 Å². The number of methoxy groups -OCH3 is 2. The first kappa shape index (κ1) is 11.4. The first-order valence-corrected chi connectivity index (χ1v) is 4.33. The van der Waals surface area contributed by atoms with Crippen molar-refractivity contribution in [3.8, 4) is 0 Å². The van der Waals surface area contributed by atoms with Crippen LogP contribution < -0.4 is 0 Å². The number of ether oxygens (including phenoxy) is 2. The highest BCUT2D eigenvalue weighted by atomic mass is 27.2. The molecule has 0 fully saturated rings. The summed E-state index contributed by atoms with van der Waals surface area (Å²) in [5.74, 6) is 0. The van der Waals surface area contributed by atoms with E-state index in [4.69, 9.17) is 17.1 Å². The summed E-state index contributed by atoms with van der Waals surface area (Å²) in [6.07, 6.45) is -0.400. The fourth-order valence-electron chi connectivity index (χ4n) is 0.300. The molecule has 0 heterocycles. The fourth-order valence-corrected chi connectivity index (χ4v) is 0.899. The SMILES string of the molecule is COC(C)[O][Al][O]C(C)OC. The van der Waals surface area contributed by atoms with Gasteiger partial charge in [-0.2, -0.15) is 0 Å². The summed E-state index contributed by atoms with van der Waals surface area (Å²) in [6.45, 7) is 3.63. The normalized spacial score (nSPS) is 16.0. The van der Waals surface area contributed by atoms with Crippen molar-refractivity contribution in [2.45, 2.75) is 26.4 Å². The molecule has 0 aromatic heterocycles. The lowest BCUT2D eigenvalue weighted by atomic mass is 10.8. The first-order valence-electron chi connectivity index (χ1n) is 3.39. The average molecular weight is 177 g/mol. The molecule has 0 rings (SSSR count). The van der Waals surface area contributed by atoms with Crippen molar-refractivity contribution in [1.29, 1.82) is 0 Å². The van der Waals surface area contributed by atoms with Crippen LogP contribution in [0.2, 0.25) is 0 Å². The van der Waals surface area contributed by atoms with E-state index in [1.54, 1.807) is 14.2 Å².